The molecule has 5 nitrogen and oxygen atoms in total. The molecule has 0 fully saturated rings. The topological polar surface area (TPSA) is 46.2 Å². The molecule has 0 aliphatic rings. The van der Waals surface area contributed by atoms with Crippen molar-refractivity contribution >= 4 is 0 Å². The van der Waals surface area contributed by atoms with Gasteiger partial charge >= 0.3 is 5.97 Å². The SMILES string of the molecule is CCCCCCOC(OOC(C)CCCC)(OC(CC)CC)C(C)(CCC)OCC(C)(C)C. The Morgan fingerprint density at radius 3 is 1.88 bits per heavy atom. The summed E-state index contributed by atoms with van der Waals surface area (Å²) >= 11 is 0. The second-order valence-electron chi connectivity index (χ2n) is 11.0. The molecule has 0 aliphatic carbocycles. The average molecular weight is 475 g/mol. The molecule has 0 bridgehead atoms. The molecule has 0 aliphatic heterocycles. The maximum absolute atomic E-state index is 6.69. The molecule has 3 atom stereocenters. The number of hydrogen-bond donors (Lipinski definition) is 0. The first-order valence-corrected chi connectivity index (χ1v) is 13.8. The van der Waals surface area contributed by atoms with Crippen LogP contribution in [0.5, 0.6) is 0 Å². The lowest BCUT2D eigenvalue weighted by Crippen LogP contribution is -2.61. The normalized spacial score (nSPS) is 17.2. The van der Waals surface area contributed by atoms with Crippen LogP contribution < -0.4 is 0 Å². The van der Waals surface area contributed by atoms with Crippen LogP contribution in [0.25, 0.3) is 0 Å². The Labute approximate surface area is 206 Å². The Morgan fingerprint density at radius 2 is 1.36 bits per heavy atom. The summed E-state index contributed by atoms with van der Waals surface area (Å²) in [5.41, 5.74) is -0.807. The summed E-state index contributed by atoms with van der Waals surface area (Å²) in [5.74, 6) is -1.42. The third-order valence-corrected chi connectivity index (χ3v) is 6.01. The van der Waals surface area contributed by atoms with Crippen LogP contribution in [0.2, 0.25) is 0 Å². The van der Waals surface area contributed by atoms with Crippen molar-refractivity contribution in [3.8, 4) is 0 Å². The van der Waals surface area contributed by atoms with Crippen molar-refractivity contribution in [2.75, 3.05) is 13.2 Å². The minimum Gasteiger partial charge on any atom is -0.366 e. The minimum atomic E-state index is -1.42. The van der Waals surface area contributed by atoms with Crippen LogP contribution in [0.3, 0.4) is 0 Å². The summed E-state index contributed by atoms with van der Waals surface area (Å²) in [5, 5.41) is 0. The standard InChI is InChI=1S/C28H58O5/c1-11-16-18-19-22-29-28(31-25(14-4)15-5,33-32-24(6)20-17-12-2)27(10,21-13-3)30-23-26(7,8)9/h24-25H,11-23H2,1-10H3. The van der Waals surface area contributed by atoms with E-state index in [9.17, 15) is 0 Å². The summed E-state index contributed by atoms with van der Waals surface area (Å²) in [4.78, 5) is 12.2. The maximum Gasteiger partial charge on any atom is 0.341 e. The molecule has 33 heavy (non-hydrogen) atoms. The van der Waals surface area contributed by atoms with Gasteiger partial charge in [0.15, 0.2) is 0 Å². The average Bonchev–Trinajstić information content (AvgIpc) is 2.77. The highest BCUT2D eigenvalue weighted by atomic mass is 17.3. The first-order chi connectivity index (χ1) is 15.5. The van der Waals surface area contributed by atoms with E-state index in [1.54, 1.807) is 0 Å². The van der Waals surface area contributed by atoms with Crippen molar-refractivity contribution in [2.45, 2.75) is 164 Å². The zero-order valence-corrected chi connectivity index (χ0v) is 23.9. The van der Waals surface area contributed by atoms with Gasteiger partial charge in [0.1, 0.15) is 5.60 Å². The third kappa shape index (κ3) is 12.9. The molecule has 0 N–H and O–H groups in total. The van der Waals surface area contributed by atoms with Gasteiger partial charge in [-0.1, -0.05) is 93.9 Å². The van der Waals surface area contributed by atoms with Gasteiger partial charge in [0, 0.05) is 0 Å². The highest BCUT2D eigenvalue weighted by molar-refractivity contribution is 4.88. The molecule has 0 radical (unpaired) electrons. The molecule has 0 spiro atoms. The van der Waals surface area contributed by atoms with Crippen molar-refractivity contribution in [1.82, 2.24) is 0 Å². The second kappa shape index (κ2) is 17.3. The van der Waals surface area contributed by atoms with E-state index in [-0.39, 0.29) is 17.6 Å². The molecule has 5 heteroatoms. The predicted octanol–water partition coefficient (Wildman–Crippen LogP) is 8.59. The first-order valence-electron chi connectivity index (χ1n) is 13.8. The highest BCUT2D eigenvalue weighted by Gasteiger charge is 2.56. The van der Waals surface area contributed by atoms with Crippen molar-refractivity contribution in [3.05, 3.63) is 0 Å². The van der Waals surface area contributed by atoms with E-state index in [4.69, 9.17) is 24.0 Å². The number of rotatable bonds is 21. The van der Waals surface area contributed by atoms with Gasteiger partial charge in [-0.3, -0.25) is 0 Å². The van der Waals surface area contributed by atoms with E-state index in [2.05, 4.69) is 62.3 Å². The summed E-state index contributed by atoms with van der Waals surface area (Å²) < 4.78 is 19.9. The molecule has 0 amide bonds. The van der Waals surface area contributed by atoms with E-state index in [1.807, 2.05) is 6.92 Å². The molecule has 3 unspecified atom stereocenters. The van der Waals surface area contributed by atoms with Crippen LogP contribution >= 0.6 is 0 Å². The monoisotopic (exact) mass is 474 g/mol. The zero-order valence-electron chi connectivity index (χ0n) is 23.9. The van der Waals surface area contributed by atoms with Gasteiger partial charge in [-0.2, -0.15) is 4.89 Å². The van der Waals surface area contributed by atoms with Gasteiger partial charge in [0.25, 0.3) is 0 Å². The lowest BCUT2D eigenvalue weighted by atomic mass is 9.93. The molecular formula is C28H58O5. The molecule has 0 rings (SSSR count). The van der Waals surface area contributed by atoms with Crippen LogP contribution in [0.15, 0.2) is 0 Å². The first kappa shape index (κ1) is 32.8. The molecule has 0 aromatic rings. The summed E-state index contributed by atoms with van der Waals surface area (Å²) in [6.07, 6.45) is 11.0. The lowest BCUT2D eigenvalue weighted by molar-refractivity contribution is -0.558. The van der Waals surface area contributed by atoms with Crippen molar-refractivity contribution in [1.29, 1.82) is 0 Å². The van der Waals surface area contributed by atoms with Crippen LogP contribution in [0.1, 0.15) is 140 Å². The Morgan fingerprint density at radius 1 is 0.727 bits per heavy atom. The fourth-order valence-corrected chi connectivity index (χ4v) is 3.70. The highest BCUT2D eigenvalue weighted by Crippen LogP contribution is 2.40. The summed E-state index contributed by atoms with van der Waals surface area (Å²) in [6.45, 7) is 22.6. The van der Waals surface area contributed by atoms with E-state index in [1.165, 1.54) is 12.8 Å². The van der Waals surface area contributed by atoms with Crippen molar-refractivity contribution in [3.63, 3.8) is 0 Å². The Bertz CT molecular complexity index is 460. The molecule has 0 saturated heterocycles. The molecule has 0 saturated carbocycles. The molecule has 200 valence electrons. The third-order valence-electron chi connectivity index (χ3n) is 6.01. The van der Waals surface area contributed by atoms with Crippen LogP contribution in [0.4, 0.5) is 0 Å². The maximum atomic E-state index is 6.69. The van der Waals surface area contributed by atoms with Gasteiger partial charge in [-0.15, -0.1) is 0 Å². The number of ether oxygens (including phenoxy) is 3. The molecule has 0 aromatic heterocycles. The fourth-order valence-electron chi connectivity index (χ4n) is 3.70. The van der Waals surface area contributed by atoms with Crippen molar-refractivity contribution in [2.24, 2.45) is 5.41 Å². The van der Waals surface area contributed by atoms with Gasteiger partial charge in [0.05, 0.1) is 25.4 Å². The van der Waals surface area contributed by atoms with Gasteiger partial charge < -0.3 is 14.2 Å². The smallest absolute Gasteiger partial charge is 0.341 e. The van der Waals surface area contributed by atoms with E-state index < -0.39 is 11.6 Å². The minimum absolute atomic E-state index is 0.00601. The Kier molecular flexibility index (Phi) is 17.2. The van der Waals surface area contributed by atoms with E-state index in [0.717, 1.165) is 57.8 Å². The Balaban J connectivity index is 6.06. The second-order valence-corrected chi connectivity index (χ2v) is 11.0. The lowest BCUT2D eigenvalue weighted by Gasteiger charge is -2.47. The zero-order chi connectivity index (χ0) is 25.4. The van der Waals surface area contributed by atoms with E-state index >= 15 is 0 Å². The molecule has 0 aromatic carbocycles. The largest absolute Gasteiger partial charge is 0.366 e. The van der Waals surface area contributed by atoms with Gasteiger partial charge in [-0.25, -0.2) is 4.89 Å². The van der Waals surface area contributed by atoms with Crippen LogP contribution in [-0.4, -0.2) is 37.0 Å². The predicted molar refractivity (Wildman–Crippen MR) is 138 cm³/mol. The quantitative estimate of drug-likeness (QED) is 0.0721. The number of unbranched alkanes of at least 4 members (excludes halogenated alkanes) is 4. The van der Waals surface area contributed by atoms with Gasteiger partial charge in [0.2, 0.25) is 0 Å². The molecule has 0 heterocycles. The van der Waals surface area contributed by atoms with Crippen molar-refractivity contribution < 1.29 is 24.0 Å². The van der Waals surface area contributed by atoms with Crippen LogP contribution in [-0.2, 0) is 24.0 Å². The van der Waals surface area contributed by atoms with E-state index in [0.29, 0.717) is 13.2 Å². The summed E-state index contributed by atoms with van der Waals surface area (Å²) in [7, 11) is 0. The van der Waals surface area contributed by atoms with Gasteiger partial charge in [-0.05, 0) is 51.4 Å². The molecular weight excluding hydrogens is 416 g/mol. The summed E-state index contributed by atoms with van der Waals surface area (Å²) in [6, 6.07) is 0. The fraction of sp³-hybridized carbons (Fsp3) is 1.00. The van der Waals surface area contributed by atoms with Crippen LogP contribution in [0, 0.1) is 5.41 Å². The number of hydrogen-bond acceptors (Lipinski definition) is 5. The Hall–Kier alpha value is -0.200.